The van der Waals surface area contributed by atoms with Gasteiger partial charge in [0, 0.05) is 32.8 Å². The Balaban J connectivity index is 1.01. The average molecular weight is 737 g/mol. The van der Waals surface area contributed by atoms with Gasteiger partial charge < -0.3 is 9.13 Å². The minimum atomic E-state index is 1.15. The fraction of sp³-hybridized carbons (Fsp3) is 0. The summed E-state index contributed by atoms with van der Waals surface area (Å²) in [5.41, 5.74) is 14.4. The molecule has 2 aromatic heterocycles. The number of nitrogens with zero attached hydrogens (tertiary/aromatic N) is 2. The maximum Gasteiger partial charge on any atom is 0.0547 e. The number of hydrogen-bond acceptors (Lipinski definition) is 0. The van der Waals surface area contributed by atoms with Crippen molar-refractivity contribution in [2.45, 2.75) is 0 Å². The van der Waals surface area contributed by atoms with Crippen molar-refractivity contribution in [2.75, 3.05) is 0 Å². The van der Waals surface area contributed by atoms with Crippen molar-refractivity contribution in [3.63, 3.8) is 0 Å². The van der Waals surface area contributed by atoms with Gasteiger partial charge in [-0.25, -0.2) is 0 Å². The zero-order valence-corrected chi connectivity index (χ0v) is 31.7. The molecule has 2 heteroatoms. The molecule has 0 radical (unpaired) electrons. The number of aromatic nitrogens is 2. The minimum absolute atomic E-state index is 1.15. The van der Waals surface area contributed by atoms with E-state index in [-0.39, 0.29) is 0 Å². The first-order valence-corrected chi connectivity index (χ1v) is 20.0. The smallest absolute Gasteiger partial charge is 0.0547 e. The first-order valence-electron chi connectivity index (χ1n) is 20.0. The normalized spacial score (nSPS) is 11.8. The van der Waals surface area contributed by atoms with Gasteiger partial charge >= 0.3 is 0 Å². The van der Waals surface area contributed by atoms with Crippen LogP contribution in [0.4, 0.5) is 0 Å². The summed E-state index contributed by atoms with van der Waals surface area (Å²) in [7, 11) is 0. The van der Waals surface area contributed by atoms with Gasteiger partial charge in [-0.3, -0.25) is 0 Å². The van der Waals surface area contributed by atoms with E-state index >= 15 is 0 Å². The van der Waals surface area contributed by atoms with Crippen LogP contribution in [0.25, 0.3) is 110 Å². The van der Waals surface area contributed by atoms with Crippen molar-refractivity contribution < 1.29 is 0 Å². The Bertz CT molecular complexity index is 3490. The van der Waals surface area contributed by atoms with E-state index < -0.39 is 0 Å². The molecular weight excluding hydrogens is 701 g/mol. The fourth-order valence-corrected chi connectivity index (χ4v) is 9.47. The van der Waals surface area contributed by atoms with Gasteiger partial charge in [-0.05, 0) is 104 Å². The molecule has 0 N–H and O–H groups in total. The van der Waals surface area contributed by atoms with Gasteiger partial charge in [-0.15, -0.1) is 0 Å². The van der Waals surface area contributed by atoms with E-state index in [1.165, 1.54) is 104 Å². The lowest BCUT2D eigenvalue weighted by Gasteiger charge is -2.14. The Morgan fingerprint density at radius 3 is 1.52 bits per heavy atom. The van der Waals surface area contributed by atoms with Gasteiger partial charge in [0.05, 0.1) is 27.8 Å². The second-order valence-electron chi connectivity index (χ2n) is 15.3. The highest BCUT2D eigenvalue weighted by molar-refractivity contribution is 6.14. The molecule has 0 unspecified atom stereocenters. The number of para-hydroxylation sites is 3. The highest BCUT2D eigenvalue weighted by Crippen LogP contribution is 2.41. The quantitative estimate of drug-likeness (QED) is 0.156. The van der Waals surface area contributed by atoms with Crippen LogP contribution in [-0.4, -0.2) is 9.13 Å². The maximum atomic E-state index is 2.45. The monoisotopic (exact) mass is 736 g/mol. The lowest BCUT2D eigenvalue weighted by Crippen LogP contribution is -1.97. The Labute approximate surface area is 336 Å². The van der Waals surface area contributed by atoms with E-state index in [4.69, 9.17) is 0 Å². The van der Waals surface area contributed by atoms with Gasteiger partial charge in [0.25, 0.3) is 0 Å². The first-order chi connectivity index (χ1) is 28.8. The molecule has 0 spiro atoms. The summed E-state index contributed by atoms with van der Waals surface area (Å²) in [6.07, 6.45) is 0. The summed E-state index contributed by atoms with van der Waals surface area (Å²) >= 11 is 0. The molecule has 0 fully saturated rings. The van der Waals surface area contributed by atoms with E-state index in [2.05, 4.69) is 228 Å². The molecule has 0 aliphatic heterocycles. The van der Waals surface area contributed by atoms with Crippen molar-refractivity contribution in [3.05, 3.63) is 218 Å². The van der Waals surface area contributed by atoms with Gasteiger partial charge in [0.2, 0.25) is 0 Å². The van der Waals surface area contributed by atoms with E-state index in [0.717, 1.165) is 5.69 Å². The topological polar surface area (TPSA) is 9.86 Å². The van der Waals surface area contributed by atoms with Crippen LogP contribution in [-0.2, 0) is 0 Å². The molecule has 0 saturated carbocycles. The van der Waals surface area contributed by atoms with Crippen molar-refractivity contribution >= 4 is 65.2 Å². The maximum absolute atomic E-state index is 2.45. The Morgan fingerprint density at radius 2 is 0.776 bits per heavy atom. The molecule has 0 aliphatic rings. The van der Waals surface area contributed by atoms with Crippen LogP contribution < -0.4 is 0 Å². The Morgan fingerprint density at radius 1 is 0.259 bits per heavy atom. The van der Waals surface area contributed by atoms with Gasteiger partial charge in [-0.2, -0.15) is 0 Å². The second-order valence-corrected chi connectivity index (χ2v) is 15.3. The van der Waals surface area contributed by atoms with Gasteiger partial charge in [0.15, 0.2) is 0 Å². The molecular formula is C56H36N2. The van der Waals surface area contributed by atoms with E-state index in [1.54, 1.807) is 0 Å². The number of hydrogen-bond donors (Lipinski definition) is 0. The largest absolute Gasteiger partial charge is 0.309 e. The summed E-state index contributed by atoms with van der Waals surface area (Å²) in [5, 5.41) is 10.1. The van der Waals surface area contributed by atoms with Gasteiger partial charge in [0.1, 0.15) is 0 Å². The molecule has 0 bridgehead atoms. The van der Waals surface area contributed by atoms with Crippen molar-refractivity contribution in [2.24, 2.45) is 0 Å². The van der Waals surface area contributed by atoms with Crippen LogP contribution in [0.1, 0.15) is 0 Å². The van der Waals surface area contributed by atoms with Crippen LogP contribution in [0.2, 0.25) is 0 Å². The average Bonchev–Trinajstić information content (AvgIpc) is 3.80. The molecule has 0 amide bonds. The lowest BCUT2D eigenvalue weighted by atomic mass is 9.92. The third-order valence-electron chi connectivity index (χ3n) is 12.1. The van der Waals surface area contributed by atoms with Crippen LogP contribution in [0.15, 0.2) is 218 Å². The summed E-state index contributed by atoms with van der Waals surface area (Å²) < 4.78 is 4.87. The number of benzene rings is 10. The molecule has 10 aromatic carbocycles. The van der Waals surface area contributed by atoms with Crippen LogP contribution in [0, 0.1) is 0 Å². The van der Waals surface area contributed by atoms with Crippen molar-refractivity contribution in [1.82, 2.24) is 9.13 Å². The molecule has 0 aliphatic carbocycles. The predicted molar refractivity (Wildman–Crippen MR) is 246 cm³/mol. The van der Waals surface area contributed by atoms with E-state index in [0.29, 0.717) is 0 Å². The zero-order chi connectivity index (χ0) is 38.2. The third kappa shape index (κ3) is 4.99. The molecule has 2 heterocycles. The van der Waals surface area contributed by atoms with Gasteiger partial charge in [-0.1, -0.05) is 164 Å². The number of fused-ring (bicyclic) bond motifs is 8. The summed E-state index contributed by atoms with van der Waals surface area (Å²) in [6, 6.07) is 80.0. The SMILES string of the molecule is c1ccc(-c2ccccc2-n2c3ccccc3c3ccc(-c4ccc5c(c4)c4ccccc4n5-c4ccc(-c5c6ccccc6cc6ccccc56)cc4)cc32)cc1. The molecule has 12 aromatic rings. The molecule has 0 atom stereocenters. The minimum Gasteiger partial charge on any atom is -0.309 e. The molecule has 58 heavy (non-hydrogen) atoms. The molecule has 270 valence electrons. The van der Waals surface area contributed by atoms with Crippen LogP contribution in [0.5, 0.6) is 0 Å². The Hall–Kier alpha value is -7.68. The van der Waals surface area contributed by atoms with Crippen molar-refractivity contribution in [1.29, 1.82) is 0 Å². The first kappa shape index (κ1) is 32.6. The number of rotatable bonds is 5. The third-order valence-corrected chi connectivity index (χ3v) is 12.1. The second kappa shape index (κ2) is 12.9. The van der Waals surface area contributed by atoms with Crippen LogP contribution in [0.3, 0.4) is 0 Å². The van der Waals surface area contributed by atoms with E-state index in [1.807, 2.05) is 0 Å². The summed E-state index contributed by atoms with van der Waals surface area (Å²) in [5.74, 6) is 0. The summed E-state index contributed by atoms with van der Waals surface area (Å²) in [4.78, 5) is 0. The predicted octanol–water partition coefficient (Wildman–Crippen LogP) is 15.2. The highest BCUT2D eigenvalue weighted by Gasteiger charge is 2.18. The van der Waals surface area contributed by atoms with E-state index in [9.17, 15) is 0 Å². The standard InChI is InChI=1S/C56H36N2/c1-2-14-37(15-3-1)44-18-8-11-23-51(44)58-53-25-13-9-21-47(53)49-32-28-40(36-55(49)58)39-29-33-54-50(35-39)48-22-10-12-24-52(48)57(54)43-30-26-38(27-31-43)56-45-19-6-4-16-41(45)34-42-17-5-7-20-46(42)56/h1-36H. The molecule has 0 saturated heterocycles. The fourth-order valence-electron chi connectivity index (χ4n) is 9.47. The molecule has 12 rings (SSSR count). The highest BCUT2D eigenvalue weighted by atomic mass is 15.0. The summed E-state index contributed by atoms with van der Waals surface area (Å²) in [6.45, 7) is 0. The van der Waals surface area contributed by atoms with Crippen LogP contribution >= 0.6 is 0 Å². The molecule has 2 nitrogen and oxygen atoms in total. The zero-order valence-electron chi connectivity index (χ0n) is 31.7. The van der Waals surface area contributed by atoms with Crippen molar-refractivity contribution in [3.8, 4) is 44.8 Å². The lowest BCUT2D eigenvalue weighted by molar-refractivity contribution is 1.18. The Kier molecular flexibility index (Phi) is 7.26.